The number of ether oxygens (including phenoxy) is 1. The standard InChI is InChI=1S/C21H25NO2/c1-24-20-11-7-17(8-12-20)21(23)13-18-9-10-19(14-21)22(18)15-16-5-3-2-4-6-16/h2-8,11-12,18-19,23H,9-10,13-15H2,1H3. The molecule has 0 aliphatic carbocycles. The van der Waals surface area contributed by atoms with Gasteiger partial charge in [0.25, 0.3) is 0 Å². The summed E-state index contributed by atoms with van der Waals surface area (Å²) < 4.78 is 5.24. The van der Waals surface area contributed by atoms with Crippen LogP contribution in [-0.4, -0.2) is 29.2 Å². The minimum atomic E-state index is -0.703. The second kappa shape index (κ2) is 6.23. The molecule has 2 aliphatic heterocycles. The number of methoxy groups -OCH3 is 1. The van der Waals surface area contributed by atoms with Crippen molar-refractivity contribution < 1.29 is 9.84 Å². The van der Waals surface area contributed by atoms with Crippen molar-refractivity contribution in [2.24, 2.45) is 0 Å². The van der Waals surface area contributed by atoms with E-state index in [1.807, 2.05) is 24.3 Å². The third kappa shape index (κ3) is 2.83. The molecule has 2 bridgehead atoms. The summed E-state index contributed by atoms with van der Waals surface area (Å²) in [5.74, 6) is 0.840. The first-order chi connectivity index (χ1) is 11.7. The molecule has 3 nitrogen and oxygen atoms in total. The van der Waals surface area contributed by atoms with E-state index in [2.05, 4.69) is 35.2 Å². The lowest BCUT2D eigenvalue weighted by Crippen LogP contribution is -2.49. The van der Waals surface area contributed by atoms with Crippen molar-refractivity contribution in [2.75, 3.05) is 7.11 Å². The van der Waals surface area contributed by atoms with E-state index in [1.165, 1.54) is 18.4 Å². The number of hydrogen-bond acceptors (Lipinski definition) is 3. The molecule has 2 aliphatic rings. The summed E-state index contributed by atoms with van der Waals surface area (Å²) in [5.41, 5.74) is 1.69. The van der Waals surface area contributed by atoms with Gasteiger partial charge in [0.1, 0.15) is 5.75 Å². The summed E-state index contributed by atoms with van der Waals surface area (Å²) in [7, 11) is 1.67. The van der Waals surface area contributed by atoms with Crippen LogP contribution in [0.15, 0.2) is 54.6 Å². The molecule has 0 radical (unpaired) electrons. The van der Waals surface area contributed by atoms with E-state index in [1.54, 1.807) is 7.11 Å². The normalized spacial score (nSPS) is 29.6. The minimum absolute atomic E-state index is 0.469. The highest BCUT2D eigenvalue weighted by atomic mass is 16.5. The van der Waals surface area contributed by atoms with E-state index in [-0.39, 0.29) is 0 Å². The van der Waals surface area contributed by atoms with E-state index in [0.717, 1.165) is 30.7 Å². The molecule has 0 saturated carbocycles. The number of fused-ring (bicyclic) bond motifs is 2. The Morgan fingerprint density at radius 1 is 1.00 bits per heavy atom. The molecule has 2 atom stereocenters. The number of piperidine rings is 1. The number of aliphatic hydroxyl groups is 1. The Balaban J connectivity index is 1.52. The van der Waals surface area contributed by atoms with Crippen molar-refractivity contribution in [1.29, 1.82) is 0 Å². The maximum atomic E-state index is 11.3. The van der Waals surface area contributed by atoms with Crippen LogP contribution in [0.4, 0.5) is 0 Å². The van der Waals surface area contributed by atoms with Gasteiger partial charge in [-0.05, 0) is 48.9 Å². The van der Waals surface area contributed by atoms with Crippen LogP contribution in [0.5, 0.6) is 5.75 Å². The van der Waals surface area contributed by atoms with Crippen molar-refractivity contribution in [2.45, 2.75) is 49.9 Å². The van der Waals surface area contributed by atoms with Gasteiger partial charge in [-0.15, -0.1) is 0 Å². The Kier molecular flexibility index (Phi) is 4.07. The SMILES string of the molecule is COc1ccc(C2(O)CC3CCC(C2)N3Cc2ccccc2)cc1. The molecule has 2 aromatic rings. The van der Waals surface area contributed by atoms with Gasteiger partial charge < -0.3 is 9.84 Å². The highest BCUT2D eigenvalue weighted by molar-refractivity contribution is 5.32. The van der Waals surface area contributed by atoms with Gasteiger partial charge in [0.15, 0.2) is 0 Å². The average molecular weight is 323 g/mol. The summed E-state index contributed by atoms with van der Waals surface area (Å²) in [6, 6.07) is 19.5. The molecule has 2 fully saturated rings. The number of rotatable bonds is 4. The zero-order valence-electron chi connectivity index (χ0n) is 14.2. The van der Waals surface area contributed by atoms with Crippen LogP contribution < -0.4 is 4.74 Å². The molecule has 24 heavy (non-hydrogen) atoms. The monoisotopic (exact) mass is 323 g/mol. The molecular weight excluding hydrogens is 298 g/mol. The molecule has 2 aromatic carbocycles. The molecular formula is C21H25NO2. The molecule has 0 amide bonds. The van der Waals surface area contributed by atoms with Crippen LogP contribution >= 0.6 is 0 Å². The van der Waals surface area contributed by atoms with Crippen LogP contribution in [0.2, 0.25) is 0 Å². The molecule has 126 valence electrons. The summed E-state index contributed by atoms with van der Waals surface area (Å²) in [6.45, 7) is 0.995. The molecule has 0 aromatic heterocycles. The number of hydrogen-bond donors (Lipinski definition) is 1. The predicted molar refractivity (Wildman–Crippen MR) is 94.9 cm³/mol. The van der Waals surface area contributed by atoms with Gasteiger partial charge in [-0.1, -0.05) is 42.5 Å². The first-order valence-electron chi connectivity index (χ1n) is 8.84. The molecule has 2 saturated heterocycles. The lowest BCUT2D eigenvalue weighted by Gasteiger charge is -2.44. The Hall–Kier alpha value is -1.84. The van der Waals surface area contributed by atoms with Crippen LogP contribution in [0, 0.1) is 0 Å². The fourth-order valence-corrected chi connectivity index (χ4v) is 4.51. The number of nitrogens with zero attached hydrogens (tertiary/aromatic N) is 1. The third-order valence-corrected chi connectivity index (χ3v) is 5.75. The zero-order chi connectivity index (χ0) is 16.6. The van der Waals surface area contributed by atoms with Crippen LogP contribution in [-0.2, 0) is 12.1 Å². The Bertz CT molecular complexity index is 669. The Morgan fingerprint density at radius 3 is 2.21 bits per heavy atom. The van der Waals surface area contributed by atoms with Gasteiger partial charge in [0.2, 0.25) is 0 Å². The highest BCUT2D eigenvalue weighted by Gasteiger charge is 2.48. The van der Waals surface area contributed by atoms with E-state index < -0.39 is 5.60 Å². The van der Waals surface area contributed by atoms with Crippen molar-refractivity contribution >= 4 is 0 Å². The lowest BCUT2D eigenvalue weighted by atomic mass is 9.80. The predicted octanol–water partition coefficient (Wildman–Crippen LogP) is 3.71. The molecule has 2 heterocycles. The van der Waals surface area contributed by atoms with Gasteiger partial charge in [-0.2, -0.15) is 0 Å². The van der Waals surface area contributed by atoms with Crippen LogP contribution in [0.25, 0.3) is 0 Å². The smallest absolute Gasteiger partial charge is 0.118 e. The minimum Gasteiger partial charge on any atom is -0.497 e. The van der Waals surface area contributed by atoms with Crippen molar-refractivity contribution in [3.63, 3.8) is 0 Å². The number of benzene rings is 2. The zero-order valence-corrected chi connectivity index (χ0v) is 14.2. The van der Waals surface area contributed by atoms with Crippen LogP contribution in [0.3, 0.4) is 0 Å². The van der Waals surface area contributed by atoms with Gasteiger partial charge in [-0.25, -0.2) is 0 Å². The van der Waals surface area contributed by atoms with Gasteiger partial charge in [0, 0.05) is 18.6 Å². The fourth-order valence-electron chi connectivity index (χ4n) is 4.51. The second-order valence-electron chi connectivity index (χ2n) is 7.21. The second-order valence-corrected chi connectivity index (χ2v) is 7.21. The maximum Gasteiger partial charge on any atom is 0.118 e. The van der Waals surface area contributed by atoms with Crippen LogP contribution in [0.1, 0.15) is 36.8 Å². The summed E-state index contributed by atoms with van der Waals surface area (Å²) in [4.78, 5) is 2.60. The third-order valence-electron chi connectivity index (χ3n) is 5.75. The Labute approximate surface area is 143 Å². The van der Waals surface area contributed by atoms with Crippen molar-refractivity contribution in [3.05, 3.63) is 65.7 Å². The van der Waals surface area contributed by atoms with Crippen molar-refractivity contribution in [1.82, 2.24) is 4.90 Å². The average Bonchev–Trinajstić information content (AvgIpc) is 2.86. The highest BCUT2D eigenvalue weighted by Crippen LogP contribution is 2.46. The quantitative estimate of drug-likeness (QED) is 0.931. The van der Waals surface area contributed by atoms with E-state index in [0.29, 0.717) is 12.1 Å². The molecule has 2 unspecified atom stereocenters. The topological polar surface area (TPSA) is 32.7 Å². The van der Waals surface area contributed by atoms with Gasteiger partial charge in [-0.3, -0.25) is 4.90 Å². The largest absolute Gasteiger partial charge is 0.497 e. The summed E-state index contributed by atoms with van der Waals surface area (Å²) in [5, 5.41) is 11.3. The van der Waals surface area contributed by atoms with E-state index >= 15 is 0 Å². The Morgan fingerprint density at radius 2 is 1.62 bits per heavy atom. The van der Waals surface area contributed by atoms with E-state index in [9.17, 15) is 5.11 Å². The first kappa shape index (κ1) is 15.7. The van der Waals surface area contributed by atoms with Gasteiger partial charge >= 0.3 is 0 Å². The molecule has 4 rings (SSSR count). The van der Waals surface area contributed by atoms with Gasteiger partial charge in [0.05, 0.1) is 12.7 Å². The van der Waals surface area contributed by atoms with E-state index in [4.69, 9.17) is 4.74 Å². The summed E-state index contributed by atoms with van der Waals surface area (Å²) >= 11 is 0. The maximum absolute atomic E-state index is 11.3. The van der Waals surface area contributed by atoms with Crippen molar-refractivity contribution in [3.8, 4) is 5.75 Å². The molecule has 1 N–H and O–H groups in total. The first-order valence-corrected chi connectivity index (χ1v) is 8.84. The lowest BCUT2D eigenvalue weighted by molar-refractivity contribution is -0.0595. The molecule has 0 spiro atoms. The molecule has 3 heteroatoms. The summed E-state index contributed by atoms with van der Waals surface area (Å²) in [6.07, 6.45) is 4.03. The fraction of sp³-hybridized carbons (Fsp3) is 0.429.